The van der Waals surface area contributed by atoms with Gasteiger partial charge in [-0.25, -0.2) is 0 Å². The maximum absolute atomic E-state index is 12.3. The highest BCUT2D eigenvalue weighted by Gasteiger charge is 2.27. The topological polar surface area (TPSA) is 50.1 Å². The number of nitrogens with zero attached hydrogens (tertiary/aromatic N) is 1. The molecule has 0 N–H and O–H groups in total. The molecule has 1 fully saturated rings. The minimum atomic E-state index is -0.110. The van der Waals surface area contributed by atoms with E-state index in [0.717, 1.165) is 31.6 Å². The number of esters is 1. The van der Waals surface area contributed by atoms with Crippen LogP contribution in [0.4, 0.5) is 0 Å². The lowest BCUT2D eigenvalue weighted by atomic mass is 9.80. The lowest BCUT2D eigenvalue weighted by Gasteiger charge is -2.27. The van der Waals surface area contributed by atoms with Crippen LogP contribution in [-0.2, 0) is 4.79 Å². The summed E-state index contributed by atoms with van der Waals surface area (Å²) in [5, 5.41) is 8.79. The first kappa shape index (κ1) is 18.5. The molecule has 1 saturated carbocycles. The standard InChI is InChI=1S/C21H29NO2/c1-2-3-4-5-6-7-17-8-12-19(13-9-17)21(23)24-20-14-10-18(16-22)11-15-20/h10-11,14-15,17,19H,2-9,12-13H2,1H3. The van der Waals surface area contributed by atoms with E-state index in [4.69, 9.17) is 10.00 Å². The first-order chi connectivity index (χ1) is 11.7. The van der Waals surface area contributed by atoms with Crippen LogP contribution >= 0.6 is 0 Å². The van der Waals surface area contributed by atoms with E-state index in [2.05, 4.69) is 13.0 Å². The Morgan fingerprint density at radius 1 is 1.08 bits per heavy atom. The summed E-state index contributed by atoms with van der Waals surface area (Å²) in [6.45, 7) is 2.25. The summed E-state index contributed by atoms with van der Waals surface area (Å²) >= 11 is 0. The van der Waals surface area contributed by atoms with Gasteiger partial charge in [-0.2, -0.15) is 5.26 Å². The number of benzene rings is 1. The van der Waals surface area contributed by atoms with Crippen LogP contribution in [0.2, 0.25) is 0 Å². The van der Waals surface area contributed by atoms with E-state index in [1.807, 2.05) is 0 Å². The molecule has 0 bridgehead atoms. The fourth-order valence-corrected chi connectivity index (χ4v) is 3.52. The Kier molecular flexibility index (Phi) is 7.82. The zero-order chi connectivity index (χ0) is 17.2. The van der Waals surface area contributed by atoms with Crippen molar-refractivity contribution in [3.05, 3.63) is 29.8 Å². The van der Waals surface area contributed by atoms with Crippen molar-refractivity contribution in [1.82, 2.24) is 0 Å². The molecule has 1 aliphatic rings. The van der Waals surface area contributed by atoms with Crippen LogP contribution in [0.1, 0.15) is 76.7 Å². The van der Waals surface area contributed by atoms with Crippen molar-refractivity contribution < 1.29 is 9.53 Å². The zero-order valence-electron chi connectivity index (χ0n) is 14.8. The number of carbonyl (C=O) groups is 1. The SMILES string of the molecule is CCCCCCCC1CCC(C(=O)Oc2ccc(C#N)cc2)CC1. The molecule has 130 valence electrons. The van der Waals surface area contributed by atoms with Gasteiger partial charge in [0.1, 0.15) is 5.75 Å². The van der Waals surface area contributed by atoms with Crippen molar-refractivity contribution in [1.29, 1.82) is 5.26 Å². The molecule has 1 aromatic carbocycles. The second kappa shape index (κ2) is 10.1. The second-order valence-electron chi connectivity index (χ2n) is 6.98. The molecule has 2 rings (SSSR count). The Morgan fingerprint density at radius 2 is 1.75 bits per heavy atom. The summed E-state index contributed by atoms with van der Waals surface area (Å²) in [5.41, 5.74) is 0.578. The Balaban J connectivity index is 1.67. The third-order valence-electron chi connectivity index (χ3n) is 5.10. The molecule has 0 atom stereocenters. The molecule has 0 radical (unpaired) electrons. The lowest BCUT2D eigenvalue weighted by molar-refractivity contribution is -0.140. The third-order valence-corrected chi connectivity index (χ3v) is 5.10. The zero-order valence-corrected chi connectivity index (χ0v) is 14.8. The van der Waals surface area contributed by atoms with E-state index in [1.54, 1.807) is 24.3 Å². The molecule has 0 heterocycles. The fourth-order valence-electron chi connectivity index (χ4n) is 3.52. The van der Waals surface area contributed by atoms with Crippen LogP contribution in [0, 0.1) is 23.2 Å². The summed E-state index contributed by atoms with van der Waals surface area (Å²) < 4.78 is 5.47. The molecular formula is C21H29NO2. The molecule has 24 heavy (non-hydrogen) atoms. The predicted molar refractivity (Wildman–Crippen MR) is 95.6 cm³/mol. The van der Waals surface area contributed by atoms with Crippen molar-refractivity contribution in [3.8, 4) is 11.8 Å². The second-order valence-corrected chi connectivity index (χ2v) is 6.98. The Morgan fingerprint density at radius 3 is 2.38 bits per heavy atom. The van der Waals surface area contributed by atoms with Gasteiger partial charge in [0.15, 0.2) is 0 Å². The molecule has 1 aliphatic carbocycles. The molecule has 0 spiro atoms. The summed E-state index contributed by atoms with van der Waals surface area (Å²) in [7, 11) is 0. The largest absolute Gasteiger partial charge is 0.426 e. The third kappa shape index (κ3) is 6.00. The minimum Gasteiger partial charge on any atom is -0.426 e. The number of hydrogen-bond donors (Lipinski definition) is 0. The number of hydrogen-bond acceptors (Lipinski definition) is 3. The number of unbranched alkanes of at least 4 members (excludes halogenated alkanes) is 4. The van der Waals surface area contributed by atoms with Crippen molar-refractivity contribution >= 4 is 5.97 Å². The molecule has 0 saturated heterocycles. The first-order valence-electron chi connectivity index (χ1n) is 9.44. The number of ether oxygens (including phenoxy) is 1. The Labute approximate surface area is 146 Å². The van der Waals surface area contributed by atoms with E-state index in [1.165, 1.54) is 38.5 Å². The average Bonchev–Trinajstić information content (AvgIpc) is 2.62. The fraction of sp³-hybridized carbons (Fsp3) is 0.619. The quantitative estimate of drug-likeness (QED) is 0.353. The smallest absolute Gasteiger partial charge is 0.314 e. The van der Waals surface area contributed by atoms with Crippen LogP contribution < -0.4 is 4.74 Å². The van der Waals surface area contributed by atoms with Gasteiger partial charge in [-0.05, 0) is 55.9 Å². The van der Waals surface area contributed by atoms with E-state index in [0.29, 0.717) is 11.3 Å². The normalized spacial score (nSPS) is 20.3. The monoisotopic (exact) mass is 327 g/mol. The molecule has 0 aliphatic heterocycles. The molecular weight excluding hydrogens is 298 g/mol. The van der Waals surface area contributed by atoms with Crippen LogP contribution in [-0.4, -0.2) is 5.97 Å². The summed E-state index contributed by atoms with van der Waals surface area (Å²) in [5.74, 6) is 1.26. The van der Waals surface area contributed by atoms with Gasteiger partial charge in [-0.3, -0.25) is 4.79 Å². The van der Waals surface area contributed by atoms with Crippen molar-refractivity contribution in [2.75, 3.05) is 0 Å². The minimum absolute atomic E-state index is 0.0389. The van der Waals surface area contributed by atoms with Gasteiger partial charge in [-0.1, -0.05) is 45.4 Å². The van der Waals surface area contributed by atoms with Crippen LogP contribution in [0.3, 0.4) is 0 Å². The highest BCUT2D eigenvalue weighted by atomic mass is 16.5. The van der Waals surface area contributed by atoms with E-state index < -0.39 is 0 Å². The van der Waals surface area contributed by atoms with Gasteiger partial charge >= 0.3 is 5.97 Å². The number of nitriles is 1. The first-order valence-corrected chi connectivity index (χ1v) is 9.44. The van der Waals surface area contributed by atoms with Crippen LogP contribution in [0.25, 0.3) is 0 Å². The summed E-state index contributed by atoms with van der Waals surface area (Å²) in [6.07, 6.45) is 12.2. The number of rotatable bonds is 8. The van der Waals surface area contributed by atoms with Crippen molar-refractivity contribution in [2.45, 2.75) is 71.1 Å². The highest BCUT2D eigenvalue weighted by molar-refractivity contribution is 5.75. The van der Waals surface area contributed by atoms with Gasteiger partial charge in [0.05, 0.1) is 17.6 Å². The molecule has 0 amide bonds. The highest BCUT2D eigenvalue weighted by Crippen LogP contribution is 2.33. The van der Waals surface area contributed by atoms with Gasteiger partial charge in [0.25, 0.3) is 0 Å². The Bertz CT molecular complexity index is 536. The van der Waals surface area contributed by atoms with Crippen LogP contribution in [0.5, 0.6) is 5.75 Å². The number of carbonyl (C=O) groups excluding carboxylic acids is 1. The van der Waals surface area contributed by atoms with E-state index in [9.17, 15) is 4.79 Å². The van der Waals surface area contributed by atoms with Crippen LogP contribution in [0.15, 0.2) is 24.3 Å². The van der Waals surface area contributed by atoms with E-state index >= 15 is 0 Å². The predicted octanol–water partition coefficient (Wildman–Crippen LogP) is 5.63. The molecule has 0 aromatic heterocycles. The van der Waals surface area contributed by atoms with Crippen molar-refractivity contribution in [3.63, 3.8) is 0 Å². The van der Waals surface area contributed by atoms with E-state index in [-0.39, 0.29) is 11.9 Å². The molecule has 0 unspecified atom stereocenters. The molecule has 1 aromatic rings. The average molecular weight is 327 g/mol. The summed E-state index contributed by atoms with van der Waals surface area (Å²) in [4.78, 5) is 12.3. The lowest BCUT2D eigenvalue weighted by Crippen LogP contribution is -2.25. The Hall–Kier alpha value is -1.82. The van der Waals surface area contributed by atoms with Gasteiger partial charge in [0.2, 0.25) is 0 Å². The van der Waals surface area contributed by atoms with Gasteiger partial charge < -0.3 is 4.74 Å². The maximum atomic E-state index is 12.3. The maximum Gasteiger partial charge on any atom is 0.314 e. The molecule has 3 heteroatoms. The molecule has 3 nitrogen and oxygen atoms in total. The van der Waals surface area contributed by atoms with Crippen molar-refractivity contribution in [2.24, 2.45) is 11.8 Å². The summed E-state index contributed by atoms with van der Waals surface area (Å²) in [6, 6.07) is 8.81. The van der Waals surface area contributed by atoms with Gasteiger partial charge in [0, 0.05) is 0 Å². The van der Waals surface area contributed by atoms with Gasteiger partial charge in [-0.15, -0.1) is 0 Å².